The molecule has 1 aromatic carbocycles. The third-order valence-corrected chi connectivity index (χ3v) is 6.99. The highest BCUT2D eigenvalue weighted by Crippen LogP contribution is 2.25. The van der Waals surface area contributed by atoms with Gasteiger partial charge in [-0.1, -0.05) is 12.1 Å². The van der Waals surface area contributed by atoms with Crippen molar-refractivity contribution in [1.82, 2.24) is 15.5 Å². The normalized spacial score (nSPS) is 16.8. The molecule has 7 nitrogen and oxygen atoms in total. The topological polar surface area (TPSA) is 105 Å². The Morgan fingerprint density at radius 3 is 2.86 bits per heavy atom. The van der Waals surface area contributed by atoms with Crippen LogP contribution in [-0.4, -0.2) is 38.5 Å². The van der Waals surface area contributed by atoms with Gasteiger partial charge >= 0.3 is 6.03 Å². The van der Waals surface area contributed by atoms with Gasteiger partial charge in [0.2, 0.25) is 10.0 Å². The Kier molecular flexibility index (Phi) is 6.39. The molecule has 2 amide bonds. The lowest BCUT2D eigenvalue weighted by Crippen LogP contribution is -2.46. The highest BCUT2D eigenvalue weighted by atomic mass is 32.2. The van der Waals surface area contributed by atoms with Crippen LogP contribution in [0.25, 0.3) is 0 Å². The lowest BCUT2D eigenvalue weighted by molar-refractivity contribution is 0.185. The van der Waals surface area contributed by atoms with Gasteiger partial charge < -0.3 is 10.6 Å². The molecule has 2 unspecified atom stereocenters. The summed E-state index contributed by atoms with van der Waals surface area (Å²) < 4.78 is 23.0. The lowest BCUT2D eigenvalue weighted by atomic mass is 10.1. The van der Waals surface area contributed by atoms with Crippen molar-refractivity contribution < 1.29 is 13.2 Å². The second kappa shape index (κ2) is 8.60. The van der Waals surface area contributed by atoms with Crippen LogP contribution in [0.1, 0.15) is 35.9 Å². The summed E-state index contributed by atoms with van der Waals surface area (Å²) in [5.41, 5.74) is 2.06. The van der Waals surface area contributed by atoms with Crippen molar-refractivity contribution in [1.29, 1.82) is 0 Å². The largest absolute Gasteiger partial charge is 0.337 e. The van der Waals surface area contributed by atoms with Gasteiger partial charge in [0.25, 0.3) is 0 Å². The van der Waals surface area contributed by atoms with Gasteiger partial charge in [-0.2, -0.15) is 0 Å². The van der Waals surface area contributed by atoms with Gasteiger partial charge in [0.1, 0.15) is 0 Å². The molecule has 2 heterocycles. The van der Waals surface area contributed by atoms with Crippen LogP contribution in [0.5, 0.6) is 0 Å². The fraction of sp³-hybridized carbons (Fsp3) is 0.421. The first kappa shape index (κ1) is 20.8. The zero-order chi connectivity index (χ0) is 20.3. The Morgan fingerprint density at radius 1 is 1.32 bits per heavy atom. The Morgan fingerprint density at radius 2 is 2.11 bits per heavy atom. The number of sulfonamides is 1. The van der Waals surface area contributed by atoms with Crippen molar-refractivity contribution in [2.75, 3.05) is 13.1 Å². The molecule has 0 saturated heterocycles. The number of primary sulfonamides is 1. The van der Waals surface area contributed by atoms with E-state index in [4.69, 9.17) is 5.14 Å². The number of carbonyl (C=O) groups is 1. The SMILES string of the molecule is CC(NC(=O)NCC(C)N1CCc2sccc2C1)c1cccc(S(N)(=O)=O)c1. The number of rotatable bonds is 6. The van der Waals surface area contributed by atoms with E-state index in [2.05, 4.69) is 33.9 Å². The van der Waals surface area contributed by atoms with Crippen molar-refractivity contribution in [3.8, 4) is 0 Å². The van der Waals surface area contributed by atoms with Gasteiger partial charge in [-0.15, -0.1) is 11.3 Å². The fourth-order valence-electron chi connectivity index (χ4n) is 3.31. The van der Waals surface area contributed by atoms with Crippen molar-refractivity contribution in [3.05, 3.63) is 51.7 Å². The minimum Gasteiger partial charge on any atom is -0.337 e. The number of fused-ring (bicyclic) bond motifs is 1. The first-order valence-electron chi connectivity index (χ1n) is 9.20. The molecule has 0 radical (unpaired) electrons. The molecule has 0 saturated carbocycles. The Hall–Kier alpha value is -1.94. The van der Waals surface area contributed by atoms with Crippen LogP contribution in [-0.2, 0) is 23.0 Å². The zero-order valence-corrected chi connectivity index (χ0v) is 17.6. The van der Waals surface area contributed by atoms with E-state index in [1.807, 2.05) is 11.3 Å². The standard InChI is InChI=1S/C19H26N4O3S2/c1-13(23-8-6-18-16(12-23)7-9-27-18)11-21-19(24)22-14(2)15-4-3-5-17(10-15)28(20,25)26/h3-5,7,9-10,13-14H,6,8,11-12H2,1-2H3,(H2,20,25,26)(H2,21,22,24). The van der Waals surface area contributed by atoms with E-state index in [0.717, 1.165) is 19.5 Å². The number of urea groups is 1. The number of hydrogen-bond acceptors (Lipinski definition) is 5. The van der Waals surface area contributed by atoms with Crippen LogP contribution in [0.15, 0.2) is 40.6 Å². The second-order valence-corrected chi connectivity index (χ2v) is 9.69. The molecule has 1 aliphatic rings. The fourth-order valence-corrected chi connectivity index (χ4v) is 4.77. The summed E-state index contributed by atoms with van der Waals surface area (Å²) in [4.78, 5) is 16.1. The Balaban J connectivity index is 1.50. The molecule has 4 N–H and O–H groups in total. The van der Waals surface area contributed by atoms with E-state index in [-0.39, 0.29) is 23.0 Å². The van der Waals surface area contributed by atoms with E-state index >= 15 is 0 Å². The first-order valence-corrected chi connectivity index (χ1v) is 11.6. The summed E-state index contributed by atoms with van der Waals surface area (Å²) in [7, 11) is -3.77. The zero-order valence-electron chi connectivity index (χ0n) is 16.0. The summed E-state index contributed by atoms with van der Waals surface area (Å²) >= 11 is 1.81. The number of nitrogens with one attached hydrogen (secondary N) is 2. The molecule has 0 fully saturated rings. The van der Waals surface area contributed by atoms with E-state index in [9.17, 15) is 13.2 Å². The average Bonchev–Trinajstić information content (AvgIpc) is 3.13. The van der Waals surface area contributed by atoms with Crippen molar-refractivity contribution >= 4 is 27.4 Å². The summed E-state index contributed by atoms with van der Waals surface area (Å²) in [6.07, 6.45) is 1.06. The van der Waals surface area contributed by atoms with Gasteiger partial charge in [-0.05, 0) is 55.0 Å². The lowest BCUT2D eigenvalue weighted by Gasteiger charge is -2.32. The first-order chi connectivity index (χ1) is 13.2. The molecule has 28 heavy (non-hydrogen) atoms. The molecule has 0 bridgehead atoms. The predicted molar refractivity (Wildman–Crippen MR) is 111 cm³/mol. The maximum absolute atomic E-state index is 12.3. The van der Waals surface area contributed by atoms with E-state index in [1.165, 1.54) is 22.6 Å². The average molecular weight is 423 g/mol. The number of nitrogens with two attached hydrogens (primary N) is 1. The summed E-state index contributed by atoms with van der Waals surface area (Å²) in [6, 6.07) is 8.06. The number of hydrogen-bond donors (Lipinski definition) is 3. The smallest absolute Gasteiger partial charge is 0.315 e. The molecule has 0 spiro atoms. The quantitative estimate of drug-likeness (QED) is 0.664. The van der Waals surface area contributed by atoms with Crippen LogP contribution in [0.3, 0.4) is 0 Å². The Labute approximate surface area is 170 Å². The minimum absolute atomic E-state index is 0.0329. The van der Waals surface area contributed by atoms with Gasteiger partial charge in [-0.3, -0.25) is 4.90 Å². The molecule has 1 aliphatic heterocycles. The summed E-state index contributed by atoms with van der Waals surface area (Å²) in [6.45, 7) is 6.36. The molecular formula is C19H26N4O3S2. The summed E-state index contributed by atoms with van der Waals surface area (Å²) in [5, 5.41) is 13.1. The number of carbonyl (C=O) groups excluding carboxylic acids is 1. The van der Waals surface area contributed by atoms with Crippen molar-refractivity contribution in [2.24, 2.45) is 5.14 Å². The second-order valence-electron chi connectivity index (χ2n) is 7.13. The van der Waals surface area contributed by atoms with E-state index < -0.39 is 10.0 Å². The highest BCUT2D eigenvalue weighted by Gasteiger charge is 2.22. The maximum atomic E-state index is 12.3. The van der Waals surface area contributed by atoms with E-state index in [1.54, 1.807) is 19.1 Å². The number of thiophene rings is 1. The van der Waals surface area contributed by atoms with Crippen LogP contribution >= 0.6 is 11.3 Å². The molecule has 1 aromatic heterocycles. The molecule has 152 valence electrons. The maximum Gasteiger partial charge on any atom is 0.315 e. The third-order valence-electron chi connectivity index (χ3n) is 5.05. The molecule has 3 rings (SSSR count). The van der Waals surface area contributed by atoms with Crippen molar-refractivity contribution in [2.45, 2.75) is 43.8 Å². The van der Waals surface area contributed by atoms with Crippen LogP contribution in [0, 0.1) is 0 Å². The van der Waals surface area contributed by atoms with Crippen LogP contribution in [0.4, 0.5) is 4.79 Å². The van der Waals surface area contributed by atoms with Gasteiger partial charge in [0.05, 0.1) is 10.9 Å². The summed E-state index contributed by atoms with van der Waals surface area (Å²) in [5.74, 6) is 0. The molecule has 2 aromatic rings. The van der Waals surface area contributed by atoms with Crippen LogP contribution < -0.4 is 15.8 Å². The van der Waals surface area contributed by atoms with Crippen molar-refractivity contribution in [3.63, 3.8) is 0 Å². The van der Waals surface area contributed by atoms with Crippen LogP contribution in [0.2, 0.25) is 0 Å². The number of nitrogens with zero attached hydrogens (tertiary/aromatic N) is 1. The highest BCUT2D eigenvalue weighted by molar-refractivity contribution is 7.89. The van der Waals surface area contributed by atoms with Gasteiger partial charge in [-0.25, -0.2) is 18.4 Å². The number of benzene rings is 1. The number of amides is 2. The molecule has 2 atom stereocenters. The predicted octanol–water partition coefficient (Wildman–Crippen LogP) is 2.20. The molecule has 0 aliphatic carbocycles. The molecule has 9 heteroatoms. The minimum atomic E-state index is -3.77. The van der Waals surface area contributed by atoms with E-state index in [0.29, 0.717) is 12.1 Å². The Bertz CT molecular complexity index is 942. The molecular weight excluding hydrogens is 396 g/mol. The van der Waals surface area contributed by atoms with Gasteiger partial charge in [0, 0.05) is 30.6 Å². The monoisotopic (exact) mass is 422 g/mol. The third kappa shape index (κ3) is 5.11. The van der Waals surface area contributed by atoms with Gasteiger partial charge in [0.15, 0.2) is 0 Å².